The number of hydrogen-bond donors (Lipinski definition) is 0. The second-order valence-electron chi connectivity index (χ2n) is 4.60. The van der Waals surface area contributed by atoms with E-state index in [2.05, 4.69) is 0 Å². The first-order valence-electron chi connectivity index (χ1n) is 5.94. The summed E-state index contributed by atoms with van der Waals surface area (Å²) in [5, 5.41) is 0.510. The van der Waals surface area contributed by atoms with Crippen molar-refractivity contribution in [3.63, 3.8) is 0 Å². The van der Waals surface area contributed by atoms with Crippen molar-refractivity contribution in [3.05, 3.63) is 53.1 Å². The average Bonchev–Trinajstić information content (AvgIpc) is 2.37. The maximum atomic E-state index is 12.6. The standard InChI is InChI=1S/C15H13ClF3N/c1-20(2)13-5-3-4-12(16)14(13)10-6-8-11(9-7-10)15(17,18)19/h3-9H,1-2H3. The molecular weight excluding hydrogens is 287 g/mol. The molecule has 0 saturated carbocycles. The molecule has 0 spiro atoms. The first kappa shape index (κ1) is 14.7. The zero-order valence-electron chi connectivity index (χ0n) is 11.0. The van der Waals surface area contributed by atoms with Gasteiger partial charge in [-0.25, -0.2) is 0 Å². The molecule has 2 aromatic carbocycles. The first-order valence-corrected chi connectivity index (χ1v) is 6.32. The smallest absolute Gasteiger partial charge is 0.377 e. The van der Waals surface area contributed by atoms with Gasteiger partial charge in [0.15, 0.2) is 0 Å². The lowest BCUT2D eigenvalue weighted by molar-refractivity contribution is -0.137. The monoisotopic (exact) mass is 299 g/mol. The minimum absolute atomic E-state index is 0.510. The predicted molar refractivity (Wildman–Crippen MR) is 76.2 cm³/mol. The third kappa shape index (κ3) is 2.90. The summed E-state index contributed by atoms with van der Waals surface area (Å²) in [6.45, 7) is 0. The van der Waals surface area contributed by atoms with Gasteiger partial charge in [0.05, 0.1) is 10.6 Å². The van der Waals surface area contributed by atoms with E-state index in [1.165, 1.54) is 12.1 Å². The van der Waals surface area contributed by atoms with Crippen LogP contribution in [-0.2, 0) is 6.18 Å². The topological polar surface area (TPSA) is 3.24 Å². The Balaban J connectivity index is 2.52. The Morgan fingerprint density at radius 2 is 1.55 bits per heavy atom. The molecule has 5 heteroatoms. The molecule has 0 fully saturated rings. The summed E-state index contributed by atoms with van der Waals surface area (Å²) in [4.78, 5) is 1.87. The molecule has 0 aliphatic heterocycles. The third-order valence-corrected chi connectivity index (χ3v) is 3.29. The Labute approximate surface area is 120 Å². The molecule has 0 bridgehead atoms. The van der Waals surface area contributed by atoms with Gasteiger partial charge in [-0.15, -0.1) is 0 Å². The SMILES string of the molecule is CN(C)c1cccc(Cl)c1-c1ccc(C(F)(F)F)cc1. The average molecular weight is 300 g/mol. The maximum absolute atomic E-state index is 12.6. The van der Waals surface area contributed by atoms with E-state index in [-0.39, 0.29) is 0 Å². The van der Waals surface area contributed by atoms with Crippen molar-refractivity contribution in [1.82, 2.24) is 0 Å². The fraction of sp³-hybridized carbons (Fsp3) is 0.200. The molecule has 1 nitrogen and oxygen atoms in total. The highest BCUT2D eigenvalue weighted by Gasteiger charge is 2.30. The number of halogens is 4. The van der Waals surface area contributed by atoms with Crippen LogP contribution in [0.15, 0.2) is 42.5 Å². The molecule has 2 aromatic rings. The van der Waals surface area contributed by atoms with Gasteiger partial charge in [-0.3, -0.25) is 0 Å². The number of benzene rings is 2. The summed E-state index contributed by atoms with van der Waals surface area (Å²) in [6.07, 6.45) is -4.33. The Bertz CT molecular complexity index is 604. The van der Waals surface area contributed by atoms with Crippen molar-refractivity contribution in [2.24, 2.45) is 0 Å². The lowest BCUT2D eigenvalue weighted by Gasteiger charge is -2.19. The molecule has 0 atom stereocenters. The molecule has 0 N–H and O–H groups in total. The fourth-order valence-corrected chi connectivity index (χ4v) is 2.28. The molecule has 0 heterocycles. The van der Waals surface area contributed by atoms with E-state index in [1.807, 2.05) is 31.1 Å². The van der Waals surface area contributed by atoms with Crippen molar-refractivity contribution in [3.8, 4) is 11.1 Å². The minimum atomic E-state index is -4.33. The van der Waals surface area contributed by atoms with Crippen molar-refractivity contribution in [2.75, 3.05) is 19.0 Å². The van der Waals surface area contributed by atoms with Crippen molar-refractivity contribution < 1.29 is 13.2 Å². The van der Waals surface area contributed by atoms with Crippen LogP contribution in [0.25, 0.3) is 11.1 Å². The zero-order chi connectivity index (χ0) is 14.9. The van der Waals surface area contributed by atoms with E-state index in [0.29, 0.717) is 10.6 Å². The second-order valence-corrected chi connectivity index (χ2v) is 5.01. The Kier molecular flexibility index (Phi) is 3.95. The first-order chi connectivity index (χ1) is 9.30. The van der Waals surface area contributed by atoms with Gasteiger partial charge in [-0.05, 0) is 29.8 Å². The van der Waals surface area contributed by atoms with E-state index in [1.54, 1.807) is 6.07 Å². The summed E-state index contributed by atoms with van der Waals surface area (Å²) in [5.41, 5.74) is 1.58. The molecule has 2 rings (SSSR count). The molecule has 0 aliphatic carbocycles. The lowest BCUT2D eigenvalue weighted by Crippen LogP contribution is -2.10. The van der Waals surface area contributed by atoms with E-state index < -0.39 is 11.7 Å². The highest BCUT2D eigenvalue weighted by Crippen LogP contribution is 2.37. The second kappa shape index (κ2) is 5.37. The molecule has 106 valence electrons. The fourth-order valence-electron chi connectivity index (χ4n) is 2.00. The minimum Gasteiger partial charge on any atom is -0.377 e. The van der Waals surface area contributed by atoms with Gasteiger partial charge >= 0.3 is 6.18 Å². The Morgan fingerprint density at radius 3 is 2.05 bits per heavy atom. The molecule has 0 aromatic heterocycles. The van der Waals surface area contributed by atoms with Gasteiger partial charge in [0.25, 0.3) is 0 Å². The molecule has 0 unspecified atom stereocenters. The van der Waals surface area contributed by atoms with Gasteiger partial charge in [0.1, 0.15) is 0 Å². The molecule has 0 saturated heterocycles. The van der Waals surface area contributed by atoms with Gasteiger partial charge < -0.3 is 4.90 Å². The molecular formula is C15H13ClF3N. The number of anilines is 1. The summed E-state index contributed by atoms with van der Waals surface area (Å²) >= 11 is 6.19. The van der Waals surface area contributed by atoms with E-state index in [0.717, 1.165) is 23.4 Å². The lowest BCUT2D eigenvalue weighted by atomic mass is 10.0. The summed E-state index contributed by atoms with van der Waals surface area (Å²) < 4.78 is 37.7. The van der Waals surface area contributed by atoms with Gasteiger partial charge in [0.2, 0.25) is 0 Å². The van der Waals surface area contributed by atoms with Crippen molar-refractivity contribution >= 4 is 17.3 Å². The van der Waals surface area contributed by atoms with Gasteiger partial charge in [0, 0.05) is 25.3 Å². The number of nitrogens with zero attached hydrogens (tertiary/aromatic N) is 1. The van der Waals surface area contributed by atoms with Crippen LogP contribution in [0.5, 0.6) is 0 Å². The van der Waals surface area contributed by atoms with Crippen LogP contribution in [0.4, 0.5) is 18.9 Å². The van der Waals surface area contributed by atoms with E-state index >= 15 is 0 Å². The van der Waals surface area contributed by atoms with Crippen molar-refractivity contribution in [1.29, 1.82) is 0 Å². The summed E-state index contributed by atoms with van der Waals surface area (Å²) in [7, 11) is 3.72. The highest BCUT2D eigenvalue weighted by atomic mass is 35.5. The Hall–Kier alpha value is -1.68. The van der Waals surface area contributed by atoms with Crippen LogP contribution in [-0.4, -0.2) is 14.1 Å². The van der Waals surface area contributed by atoms with Crippen LogP contribution < -0.4 is 4.90 Å². The largest absolute Gasteiger partial charge is 0.416 e. The summed E-state index contributed by atoms with van der Waals surface area (Å²) in [6, 6.07) is 10.4. The molecule has 20 heavy (non-hydrogen) atoms. The van der Waals surface area contributed by atoms with Crippen LogP contribution >= 0.6 is 11.6 Å². The summed E-state index contributed by atoms with van der Waals surface area (Å²) in [5.74, 6) is 0. The number of hydrogen-bond acceptors (Lipinski definition) is 1. The van der Waals surface area contributed by atoms with Crippen LogP contribution in [0.1, 0.15) is 5.56 Å². The van der Waals surface area contributed by atoms with Crippen LogP contribution in [0.2, 0.25) is 5.02 Å². The van der Waals surface area contributed by atoms with Crippen molar-refractivity contribution in [2.45, 2.75) is 6.18 Å². The Morgan fingerprint density at radius 1 is 0.950 bits per heavy atom. The number of alkyl halides is 3. The van der Waals surface area contributed by atoms with E-state index in [4.69, 9.17) is 11.6 Å². The molecule has 0 aliphatic rings. The van der Waals surface area contributed by atoms with Crippen LogP contribution in [0.3, 0.4) is 0 Å². The van der Waals surface area contributed by atoms with Crippen LogP contribution in [0, 0.1) is 0 Å². The molecule has 0 radical (unpaired) electrons. The highest BCUT2D eigenvalue weighted by molar-refractivity contribution is 6.34. The van der Waals surface area contributed by atoms with Gasteiger partial charge in [-0.1, -0.05) is 29.8 Å². The van der Waals surface area contributed by atoms with E-state index in [9.17, 15) is 13.2 Å². The quantitative estimate of drug-likeness (QED) is 0.746. The zero-order valence-corrected chi connectivity index (χ0v) is 11.8. The molecule has 0 amide bonds. The third-order valence-electron chi connectivity index (χ3n) is 2.97. The predicted octanol–water partition coefficient (Wildman–Crippen LogP) is 5.09. The number of rotatable bonds is 2. The maximum Gasteiger partial charge on any atom is 0.416 e. The van der Waals surface area contributed by atoms with Gasteiger partial charge in [-0.2, -0.15) is 13.2 Å². The normalized spacial score (nSPS) is 11.5.